The molecule has 0 saturated heterocycles. The van der Waals surface area contributed by atoms with Gasteiger partial charge < -0.3 is 4.74 Å². The molecule has 1 N–H and O–H groups in total. The molecule has 0 fully saturated rings. The zero-order valence-corrected chi connectivity index (χ0v) is 18.0. The van der Waals surface area contributed by atoms with Gasteiger partial charge in [-0.2, -0.15) is 5.26 Å². The van der Waals surface area contributed by atoms with E-state index in [-0.39, 0.29) is 37.3 Å². The van der Waals surface area contributed by atoms with Crippen molar-refractivity contribution in [1.29, 1.82) is 5.26 Å². The molecule has 3 rings (SSSR count). The largest absolute Gasteiger partial charge is 0.573 e. The first-order chi connectivity index (χ1) is 14.4. The molecular formula is C18H12BrF3N4O4S. The van der Waals surface area contributed by atoms with Crippen LogP contribution in [0.15, 0.2) is 50.8 Å². The van der Waals surface area contributed by atoms with Gasteiger partial charge in [0.1, 0.15) is 12.1 Å². The van der Waals surface area contributed by atoms with Crippen LogP contribution in [0.4, 0.5) is 18.9 Å². The summed E-state index contributed by atoms with van der Waals surface area (Å²) in [5, 5.41) is 8.89. The summed E-state index contributed by atoms with van der Waals surface area (Å²) in [6.07, 6.45) is -3.93. The summed E-state index contributed by atoms with van der Waals surface area (Å²) >= 11 is 2.94. The molecule has 0 aliphatic carbocycles. The van der Waals surface area contributed by atoms with Gasteiger partial charge in [-0.3, -0.25) is 10.2 Å². The Labute approximate surface area is 181 Å². The molecule has 3 aromatic rings. The third-order valence-corrected chi connectivity index (χ3v) is 6.51. The van der Waals surface area contributed by atoms with E-state index in [0.717, 1.165) is 17.1 Å². The fraction of sp³-hybridized carbons (Fsp3) is 0.167. The molecule has 0 unspecified atom stereocenters. The first-order valence-corrected chi connectivity index (χ1v) is 10.9. The number of halogens is 4. The van der Waals surface area contributed by atoms with Crippen LogP contribution in [0.25, 0.3) is 10.9 Å². The maximum atomic E-state index is 12.8. The number of anilines is 1. The predicted octanol–water partition coefficient (Wildman–Crippen LogP) is 3.60. The molecule has 162 valence electrons. The van der Waals surface area contributed by atoms with Crippen LogP contribution in [0.3, 0.4) is 0 Å². The molecule has 0 saturated carbocycles. The highest BCUT2D eigenvalue weighted by atomic mass is 79.9. The van der Waals surface area contributed by atoms with Gasteiger partial charge in [-0.25, -0.2) is 18.1 Å². The number of benzene rings is 2. The highest BCUT2D eigenvalue weighted by Crippen LogP contribution is 2.32. The van der Waals surface area contributed by atoms with Gasteiger partial charge in [0, 0.05) is 0 Å². The highest BCUT2D eigenvalue weighted by Gasteiger charge is 2.32. The lowest BCUT2D eigenvalue weighted by Gasteiger charge is -2.15. The van der Waals surface area contributed by atoms with Gasteiger partial charge in [-0.15, -0.1) is 13.2 Å². The van der Waals surface area contributed by atoms with E-state index < -0.39 is 27.5 Å². The van der Waals surface area contributed by atoms with Crippen molar-refractivity contribution in [3.8, 4) is 11.8 Å². The number of rotatable bonds is 5. The van der Waals surface area contributed by atoms with Crippen LogP contribution < -0.4 is 15.7 Å². The van der Waals surface area contributed by atoms with E-state index in [2.05, 4.69) is 31.1 Å². The molecule has 13 heteroatoms. The summed E-state index contributed by atoms with van der Waals surface area (Å²) < 4.78 is 67.2. The SMILES string of the molecule is CCS(=O)(=O)c1ccc(C#N)cc1Nn1cnc2cc(Br)c(OC(F)(F)F)cc2c1=O. The van der Waals surface area contributed by atoms with Crippen LogP contribution in [-0.4, -0.2) is 30.2 Å². The fourth-order valence-electron chi connectivity index (χ4n) is 2.65. The van der Waals surface area contributed by atoms with Gasteiger partial charge in [0.25, 0.3) is 5.56 Å². The van der Waals surface area contributed by atoms with E-state index in [9.17, 15) is 26.4 Å². The molecule has 0 aliphatic rings. The third-order valence-electron chi connectivity index (χ3n) is 4.10. The normalized spacial score (nSPS) is 11.9. The Hall–Kier alpha value is -3.11. The minimum atomic E-state index is -4.98. The molecule has 1 aromatic heterocycles. The van der Waals surface area contributed by atoms with Crippen molar-refractivity contribution in [2.24, 2.45) is 0 Å². The van der Waals surface area contributed by atoms with Crippen LogP contribution in [0.2, 0.25) is 0 Å². The second-order valence-corrected chi connectivity index (χ2v) is 9.21. The molecule has 8 nitrogen and oxygen atoms in total. The lowest BCUT2D eigenvalue weighted by Crippen LogP contribution is -2.27. The average molecular weight is 517 g/mol. The summed E-state index contributed by atoms with van der Waals surface area (Å²) in [5.41, 5.74) is 1.90. The van der Waals surface area contributed by atoms with Gasteiger partial charge in [0.2, 0.25) is 0 Å². The zero-order valence-electron chi connectivity index (χ0n) is 15.6. The number of hydrogen-bond donors (Lipinski definition) is 1. The first-order valence-electron chi connectivity index (χ1n) is 8.46. The molecule has 0 spiro atoms. The number of fused-ring (bicyclic) bond motifs is 1. The minimum absolute atomic E-state index is 0.0620. The first kappa shape index (κ1) is 22.6. The molecular weight excluding hydrogens is 505 g/mol. The van der Waals surface area contributed by atoms with Crippen LogP contribution in [0.5, 0.6) is 5.75 Å². The van der Waals surface area contributed by atoms with Gasteiger partial charge in [-0.05, 0) is 46.3 Å². The van der Waals surface area contributed by atoms with E-state index >= 15 is 0 Å². The predicted molar refractivity (Wildman–Crippen MR) is 108 cm³/mol. The molecule has 2 aromatic carbocycles. The summed E-state index contributed by atoms with van der Waals surface area (Å²) in [4.78, 5) is 16.7. The minimum Gasteiger partial charge on any atom is -0.405 e. The topological polar surface area (TPSA) is 114 Å². The number of hydrogen-bond acceptors (Lipinski definition) is 7. The standard InChI is InChI=1S/C18H12BrF3N4O4S/c1-2-31(28,29)16-4-3-10(8-23)5-14(16)25-26-9-24-13-7-12(19)15(30-18(20,21)22)6-11(13)17(26)27/h3-7,9,25H,2H2,1H3. The van der Waals surface area contributed by atoms with Gasteiger partial charge in [-0.1, -0.05) is 6.92 Å². The van der Waals surface area contributed by atoms with E-state index in [1.54, 1.807) is 0 Å². The van der Waals surface area contributed by atoms with E-state index in [4.69, 9.17) is 5.26 Å². The number of aromatic nitrogens is 2. The average Bonchev–Trinajstić information content (AvgIpc) is 2.70. The van der Waals surface area contributed by atoms with Crippen LogP contribution in [-0.2, 0) is 9.84 Å². The highest BCUT2D eigenvalue weighted by molar-refractivity contribution is 9.10. The monoisotopic (exact) mass is 516 g/mol. The Bertz CT molecular complexity index is 1380. The van der Waals surface area contributed by atoms with Gasteiger partial charge in [0.15, 0.2) is 9.84 Å². The number of nitrogens with zero attached hydrogens (tertiary/aromatic N) is 3. The van der Waals surface area contributed by atoms with Crippen molar-refractivity contribution in [2.75, 3.05) is 11.2 Å². The van der Waals surface area contributed by atoms with Crippen molar-refractivity contribution in [2.45, 2.75) is 18.2 Å². The summed E-state index contributed by atoms with van der Waals surface area (Å²) in [6.45, 7) is 1.43. The number of nitriles is 1. The van der Waals surface area contributed by atoms with Crippen LogP contribution >= 0.6 is 15.9 Å². The maximum absolute atomic E-state index is 12.8. The molecule has 0 bridgehead atoms. The summed E-state index contributed by atoms with van der Waals surface area (Å²) in [6, 6.07) is 7.70. The second kappa shape index (κ2) is 8.20. The second-order valence-electron chi connectivity index (χ2n) is 6.11. The Balaban J connectivity index is 2.15. The maximum Gasteiger partial charge on any atom is 0.573 e. The molecule has 1 heterocycles. The molecule has 0 radical (unpaired) electrons. The van der Waals surface area contributed by atoms with Crippen LogP contribution in [0, 0.1) is 11.3 Å². The van der Waals surface area contributed by atoms with Crippen LogP contribution in [0.1, 0.15) is 12.5 Å². The van der Waals surface area contributed by atoms with Gasteiger partial charge in [0.05, 0.1) is 43.3 Å². The summed E-state index contributed by atoms with van der Waals surface area (Å²) in [7, 11) is -3.72. The Morgan fingerprint density at radius 2 is 2.00 bits per heavy atom. The Kier molecular flexibility index (Phi) is 5.97. The quantitative estimate of drug-likeness (QED) is 0.550. The fourth-order valence-corrected chi connectivity index (χ4v) is 4.09. The number of sulfone groups is 1. The molecule has 0 atom stereocenters. The van der Waals surface area contributed by atoms with E-state index in [0.29, 0.717) is 0 Å². The third kappa shape index (κ3) is 4.80. The van der Waals surface area contributed by atoms with Crippen molar-refractivity contribution < 1.29 is 26.3 Å². The lowest BCUT2D eigenvalue weighted by atomic mass is 10.2. The smallest absolute Gasteiger partial charge is 0.405 e. The molecule has 0 aliphatic heterocycles. The Morgan fingerprint density at radius 1 is 1.29 bits per heavy atom. The zero-order chi connectivity index (χ0) is 23.0. The molecule has 0 amide bonds. The van der Waals surface area contributed by atoms with Gasteiger partial charge >= 0.3 is 6.36 Å². The lowest BCUT2D eigenvalue weighted by molar-refractivity contribution is -0.274. The Morgan fingerprint density at radius 3 is 2.61 bits per heavy atom. The number of alkyl halides is 3. The summed E-state index contributed by atoms with van der Waals surface area (Å²) in [5.74, 6) is -0.873. The van der Waals surface area contributed by atoms with Crippen molar-refractivity contribution in [3.05, 3.63) is 57.0 Å². The van der Waals surface area contributed by atoms with Crippen molar-refractivity contribution in [1.82, 2.24) is 9.66 Å². The van der Waals surface area contributed by atoms with Crippen molar-refractivity contribution in [3.63, 3.8) is 0 Å². The van der Waals surface area contributed by atoms with E-state index in [1.165, 1.54) is 31.2 Å². The molecule has 31 heavy (non-hydrogen) atoms. The number of nitrogens with one attached hydrogen (secondary N) is 1. The van der Waals surface area contributed by atoms with E-state index in [1.807, 2.05) is 6.07 Å². The van der Waals surface area contributed by atoms with Crippen molar-refractivity contribution >= 4 is 42.4 Å². The number of ether oxygens (including phenoxy) is 1.